The van der Waals surface area contributed by atoms with Crippen LogP contribution in [0.3, 0.4) is 0 Å². The van der Waals surface area contributed by atoms with E-state index in [2.05, 4.69) is 0 Å². The van der Waals surface area contributed by atoms with E-state index >= 15 is 0 Å². The summed E-state index contributed by atoms with van der Waals surface area (Å²) in [6.07, 6.45) is -4.49. The van der Waals surface area contributed by atoms with Crippen LogP contribution in [0, 0.1) is 11.3 Å². The third kappa shape index (κ3) is 3.39. The lowest BCUT2D eigenvalue weighted by molar-refractivity contribution is -0.137. The largest absolute Gasteiger partial charge is 0.457 e. The molecule has 0 atom stereocenters. The first-order valence-electron chi connectivity index (χ1n) is 5.78. The summed E-state index contributed by atoms with van der Waals surface area (Å²) in [7, 11) is 0. The summed E-state index contributed by atoms with van der Waals surface area (Å²) < 4.78 is 43.7. The van der Waals surface area contributed by atoms with E-state index in [1.807, 2.05) is 6.07 Å². The van der Waals surface area contributed by atoms with Gasteiger partial charge in [-0.15, -0.1) is 0 Å². The lowest BCUT2D eigenvalue weighted by Crippen LogP contribution is -2.09. The molecule has 0 saturated heterocycles. The smallest absolute Gasteiger partial charge is 0.417 e. The highest BCUT2D eigenvalue weighted by Gasteiger charge is 2.33. The molecule has 0 radical (unpaired) electrons. The predicted molar refractivity (Wildman–Crippen MR) is 68.1 cm³/mol. The third-order valence-electron chi connectivity index (χ3n) is 2.68. The van der Waals surface area contributed by atoms with Gasteiger partial charge < -0.3 is 4.74 Å². The summed E-state index contributed by atoms with van der Waals surface area (Å²) in [5.74, 6) is 0.249. The van der Waals surface area contributed by atoms with Gasteiger partial charge in [-0.2, -0.15) is 18.4 Å². The van der Waals surface area contributed by atoms with Crippen LogP contribution < -0.4 is 4.74 Å². The topological polar surface area (TPSA) is 50.1 Å². The fraction of sp³-hybridized carbons (Fsp3) is 0.0667. The minimum atomic E-state index is -4.64. The molecule has 2 aromatic carbocycles. The Labute approximate surface area is 118 Å². The van der Waals surface area contributed by atoms with E-state index in [1.54, 1.807) is 0 Å². The zero-order valence-electron chi connectivity index (χ0n) is 10.5. The molecule has 2 aromatic rings. The van der Waals surface area contributed by atoms with Crippen molar-refractivity contribution in [1.82, 2.24) is 0 Å². The fourth-order valence-electron chi connectivity index (χ4n) is 1.68. The number of hydrogen-bond acceptors (Lipinski definition) is 3. The molecule has 0 aliphatic rings. The molecule has 0 spiro atoms. The first kappa shape index (κ1) is 14.6. The van der Waals surface area contributed by atoms with Crippen LogP contribution in [0.1, 0.15) is 21.5 Å². The van der Waals surface area contributed by atoms with Crippen LogP contribution in [-0.2, 0) is 6.18 Å². The van der Waals surface area contributed by atoms with E-state index in [-0.39, 0.29) is 12.0 Å². The SMILES string of the molecule is N#Cc1ccc(Oc2ccc(C=O)c(C(F)(F)F)c2)cc1. The van der Waals surface area contributed by atoms with Crippen LogP contribution in [0.2, 0.25) is 0 Å². The molecule has 0 aliphatic carbocycles. The lowest BCUT2D eigenvalue weighted by Gasteiger charge is -2.12. The molecule has 0 unspecified atom stereocenters. The van der Waals surface area contributed by atoms with E-state index in [0.29, 0.717) is 11.3 Å². The Bertz CT molecular complexity index is 700. The highest BCUT2D eigenvalue weighted by molar-refractivity contribution is 5.78. The van der Waals surface area contributed by atoms with Crippen molar-refractivity contribution >= 4 is 6.29 Å². The van der Waals surface area contributed by atoms with Gasteiger partial charge in [0.1, 0.15) is 11.5 Å². The van der Waals surface area contributed by atoms with E-state index in [4.69, 9.17) is 10.00 Å². The van der Waals surface area contributed by atoms with Gasteiger partial charge in [-0.05, 0) is 42.5 Å². The van der Waals surface area contributed by atoms with E-state index in [9.17, 15) is 18.0 Å². The summed E-state index contributed by atoms with van der Waals surface area (Å²) in [5, 5.41) is 8.65. The average molecular weight is 291 g/mol. The summed E-state index contributed by atoms with van der Waals surface area (Å²) in [4.78, 5) is 10.6. The maximum atomic E-state index is 12.8. The Morgan fingerprint density at radius 3 is 2.19 bits per heavy atom. The normalized spacial score (nSPS) is 10.8. The second-order valence-corrected chi connectivity index (χ2v) is 4.10. The van der Waals surface area contributed by atoms with Crippen molar-refractivity contribution < 1.29 is 22.7 Å². The first-order chi connectivity index (χ1) is 9.94. The molecule has 0 amide bonds. The number of carbonyl (C=O) groups is 1. The van der Waals surface area contributed by atoms with E-state index in [0.717, 1.165) is 12.1 Å². The van der Waals surface area contributed by atoms with Crippen molar-refractivity contribution in [3.05, 3.63) is 59.2 Å². The number of alkyl halides is 3. The average Bonchev–Trinajstić information content (AvgIpc) is 2.47. The second kappa shape index (κ2) is 5.67. The number of aldehydes is 1. The quantitative estimate of drug-likeness (QED) is 0.797. The third-order valence-corrected chi connectivity index (χ3v) is 2.68. The molecule has 0 heterocycles. The Morgan fingerprint density at radius 1 is 1.05 bits per heavy atom. The van der Waals surface area contributed by atoms with Gasteiger partial charge in [0.05, 0.1) is 17.2 Å². The van der Waals surface area contributed by atoms with Crippen LogP contribution in [-0.4, -0.2) is 6.29 Å². The molecule has 2 rings (SSSR count). The van der Waals surface area contributed by atoms with E-state index < -0.39 is 17.3 Å². The number of rotatable bonds is 3. The van der Waals surface area contributed by atoms with Crippen molar-refractivity contribution in [2.75, 3.05) is 0 Å². The number of hydrogen-bond donors (Lipinski definition) is 0. The maximum absolute atomic E-state index is 12.8. The molecule has 0 fully saturated rings. The van der Waals surface area contributed by atoms with Crippen molar-refractivity contribution in [3.63, 3.8) is 0 Å². The van der Waals surface area contributed by atoms with Gasteiger partial charge >= 0.3 is 6.18 Å². The van der Waals surface area contributed by atoms with Crippen LogP contribution >= 0.6 is 0 Å². The van der Waals surface area contributed by atoms with Gasteiger partial charge in [0.15, 0.2) is 6.29 Å². The number of nitriles is 1. The second-order valence-electron chi connectivity index (χ2n) is 4.10. The number of ether oxygens (including phenoxy) is 1. The molecule has 0 bridgehead atoms. The summed E-state index contributed by atoms with van der Waals surface area (Å²) in [6, 6.07) is 10.9. The van der Waals surface area contributed by atoms with Crippen LogP contribution in [0.5, 0.6) is 11.5 Å². The maximum Gasteiger partial charge on any atom is 0.417 e. The van der Waals surface area contributed by atoms with Gasteiger partial charge in [-0.1, -0.05) is 0 Å². The highest BCUT2D eigenvalue weighted by atomic mass is 19.4. The molecule has 21 heavy (non-hydrogen) atoms. The van der Waals surface area contributed by atoms with E-state index in [1.165, 1.54) is 30.3 Å². The molecule has 0 saturated carbocycles. The molecule has 106 valence electrons. The molecular weight excluding hydrogens is 283 g/mol. The monoisotopic (exact) mass is 291 g/mol. The minimum absolute atomic E-state index is 0.0439. The van der Waals surface area contributed by atoms with Crippen molar-refractivity contribution in [2.45, 2.75) is 6.18 Å². The van der Waals surface area contributed by atoms with Crippen molar-refractivity contribution in [3.8, 4) is 17.6 Å². The molecule has 6 heteroatoms. The number of halogens is 3. The van der Waals surface area contributed by atoms with Crippen LogP contribution in [0.15, 0.2) is 42.5 Å². The summed E-state index contributed by atoms with van der Waals surface area (Å²) in [5.41, 5.74) is -1.09. The van der Waals surface area contributed by atoms with Gasteiger partial charge in [-0.25, -0.2) is 0 Å². The lowest BCUT2D eigenvalue weighted by atomic mass is 10.1. The molecule has 3 nitrogen and oxygen atoms in total. The molecule has 0 N–H and O–H groups in total. The Kier molecular flexibility index (Phi) is 3.94. The summed E-state index contributed by atoms with van der Waals surface area (Å²) in [6.45, 7) is 0. The van der Waals surface area contributed by atoms with Gasteiger partial charge in [0.2, 0.25) is 0 Å². The Balaban J connectivity index is 2.32. The van der Waals surface area contributed by atoms with Crippen molar-refractivity contribution in [2.24, 2.45) is 0 Å². The van der Waals surface area contributed by atoms with Crippen LogP contribution in [0.25, 0.3) is 0 Å². The van der Waals surface area contributed by atoms with Gasteiger partial charge in [0, 0.05) is 5.56 Å². The standard InChI is InChI=1S/C15H8F3NO2/c16-15(17,18)14-7-13(6-3-11(14)9-20)21-12-4-1-10(8-19)2-5-12/h1-7,9H. The minimum Gasteiger partial charge on any atom is -0.457 e. The van der Waals surface area contributed by atoms with Crippen LogP contribution in [0.4, 0.5) is 13.2 Å². The number of nitrogens with zero attached hydrogens (tertiary/aromatic N) is 1. The first-order valence-corrected chi connectivity index (χ1v) is 5.78. The fourth-order valence-corrected chi connectivity index (χ4v) is 1.68. The highest BCUT2D eigenvalue weighted by Crippen LogP contribution is 2.35. The zero-order chi connectivity index (χ0) is 15.5. The van der Waals surface area contributed by atoms with Gasteiger partial charge in [-0.3, -0.25) is 4.79 Å². The molecule has 0 aliphatic heterocycles. The van der Waals surface area contributed by atoms with Crippen molar-refractivity contribution in [1.29, 1.82) is 5.26 Å². The van der Waals surface area contributed by atoms with Gasteiger partial charge in [0.25, 0.3) is 0 Å². The number of benzene rings is 2. The Hall–Kier alpha value is -2.81. The molecule has 0 aromatic heterocycles. The Morgan fingerprint density at radius 2 is 1.67 bits per heavy atom. The zero-order valence-corrected chi connectivity index (χ0v) is 10.5. The number of carbonyl (C=O) groups excluding carboxylic acids is 1. The summed E-state index contributed by atoms with van der Waals surface area (Å²) >= 11 is 0. The predicted octanol–water partition coefficient (Wildman–Crippen LogP) is 4.18. The molecular formula is C15H8F3NO2.